The predicted molar refractivity (Wildman–Crippen MR) is 81.6 cm³/mol. The van der Waals surface area contributed by atoms with Crippen LogP contribution < -0.4 is 10.6 Å². The number of aliphatic imine (C=N–C) groups is 1. The van der Waals surface area contributed by atoms with E-state index in [9.17, 15) is 8.42 Å². The van der Waals surface area contributed by atoms with Crippen LogP contribution in [0.5, 0.6) is 0 Å². The largest absolute Gasteiger partial charge is 0.357 e. The number of nitrogens with zero attached hydrogens (tertiary/aromatic N) is 1. The van der Waals surface area contributed by atoms with Crippen molar-refractivity contribution >= 4 is 27.1 Å². The van der Waals surface area contributed by atoms with Crippen LogP contribution in [0.4, 0.5) is 0 Å². The topological polar surface area (TPSA) is 70.6 Å². The summed E-state index contributed by atoms with van der Waals surface area (Å²) in [7, 11) is -2.94. The van der Waals surface area contributed by atoms with Gasteiger partial charge < -0.3 is 10.6 Å². The molecule has 0 aromatic carbocycles. The molecule has 0 aliphatic heterocycles. The Kier molecular flexibility index (Phi) is 6.30. The Balaban J connectivity index is 2.51. The van der Waals surface area contributed by atoms with Crippen LogP contribution in [0.2, 0.25) is 0 Å². The first-order valence-electron chi connectivity index (χ1n) is 6.16. The summed E-state index contributed by atoms with van der Waals surface area (Å²) in [4.78, 5) is 6.88. The molecule has 0 aliphatic rings. The van der Waals surface area contributed by atoms with Crippen LogP contribution in [0.25, 0.3) is 0 Å². The van der Waals surface area contributed by atoms with Gasteiger partial charge in [-0.05, 0) is 26.0 Å². The Bertz CT molecular complexity index is 521. The van der Waals surface area contributed by atoms with Crippen molar-refractivity contribution in [1.82, 2.24) is 10.6 Å². The van der Waals surface area contributed by atoms with Gasteiger partial charge in [-0.1, -0.05) is 0 Å². The highest BCUT2D eigenvalue weighted by Gasteiger charge is 2.03. The Hall–Kier alpha value is -1.08. The molecule has 108 valence electrons. The van der Waals surface area contributed by atoms with Gasteiger partial charge in [0.1, 0.15) is 9.84 Å². The van der Waals surface area contributed by atoms with Crippen LogP contribution in [0, 0.1) is 6.92 Å². The number of aryl methyl sites for hydroxylation is 1. The second-order valence-electron chi connectivity index (χ2n) is 4.26. The van der Waals surface area contributed by atoms with Gasteiger partial charge in [0.15, 0.2) is 5.96 Å². The lowest BCUT2D eigenvalue weighted by molar-refractivity contribution is 0.600. The molecule has 0 bridgehead atoms. The molecule has 0 atom stereocenters. The van der Waals surface area contributed by atoms with Crippen LogP contribution in [0.1, 0.15) is 16.7 Å². The lowest BCUT2D eigenvalue weighted by Crippen LogP contribution is -2.39. The number of hydrogen-bond acceptors (Lipinski definition) is 4. The number of thiophene rings is 1. The fourth-order valence-electron chi connectivity index (χ4n) is 1.42. The minimum atomic E-state index is -2.94. The molecule has 0 unspecified atom stereocenters. The maximum Gasteiger partial charge on any atom is 0.191 e. The molecular weight excluding hydrogens is 282 g/mol. The average molecular weight is 303 g/mol. The molecule has 0 saturated carbocycles. The van der Waals surface area contributed by atoms with E-state index >= 15 is 0 Å². The summed E-state index contributed by atoms with van der Waals surface area (Å²) in [5, 5.41) is 6.11. The van der Waals surface area contributed by atoms with E-state index in [-0.39, 0.29) is 5.75 Å². The molecule has 2 N–H and O–H groups in total. The van der Waals surface area contributed by atoms with Crippen LogP contribution in [0.15, 0.2) is 17.1 Å². The Morgan fingerprint density at radius 1 is 1.37 bits per heavy atom. The summed E-state index contributed by atoms with van der Waals surface area (Å²) >= 11 is 1.72. The molecule has 1 rings (SSSR count). The SMILES string of the molecule is CCNC(=NCc1ccc(C)s1)NCCS(C)(=O)=O. The fraction of sp³-hybridized carbons (Fsp3) is 0.583. The van der Waals surface area contributed by atoms with Crippen LogP contribution in [-0.4, -0.2) is 39.5 Å². The molecule has 5 nitrogen and oxygen atoms in total. The summed E-state index contributed by atoms with van der Waals surface area (Å²) < 4.78 is 22.1. The first kappa shape index (κ1) is 16.0. The summed E-state index contributed by atoms with van der Waals surface area (Å²) in [6, 6.07) is 4.13. The van der Waals surface area contributed by atoms with E-state index in [1.54, 1.807) is 11.3 Å². The molecule has 1 heterocycles. The van der Waals surface area contributed by atoms with Gasteiger partial charge in [-0.3, -0.25) is 0 Å². The van der Waals surface area contributed by atoms with E-state index in [0.717, 1.165) is 6.54 Å². The number of nitrogens with one attached hydrogen (secondary N) is 2. The van der Waals surface area contributed by atoms with Gasteiger partial charge in [0.05, 0.1) is 12.3 Å². The third kappa shape index (κ3) is 7.17. The second-order valence-corrected chi connectivity index (χ2v) is 7.90. The molecule has 19 heavy (non-hydrogen) atoms. The zero-order valence-corrected chi connectivity index (χ0v) is 13.2. The van der Waals surface area contributed by atoms with Crippen molar-refractivity contribution in [2.24, 2.45) is 4.99 Å². The van der Waals surface area contributed by atoms with Crippen LogP contribution in [0.3, 0.4) is 0 Å². The van der Waals surface area contributed by atoms with E-state index in [2.05, 4.69) is 34.7 Å². The summed E-state index contributed by atoms with van der Waals surface area (Å²) in [5.74, 6) is 0.757. The van der Waals surface area contributed by atoms with E-state index in [0.29, 0.717) is 19.0 Å². The lowest BCUT2D eigenvalue weighted by Gasteiger charge is -2.10. The molecule has 7 heteroatoms. The maximum absolute atomic E-state index is 11.1. The third-order valence-electron chi connectivity index (χ3n) is 2.30. The van der Waals surface area contributed by atoms with Crippen molar-refractivity contribution < 1.29 is 8.42 Å². The van der Waals surface area contributed by atoms with Gasteiger partial charge in [0.2, 0.25) is 0 Å². The average Bonchev–Trinajstić information content (AvgIpc) is 2.70. The highest BCUT2D eigenvalue weighted by molar-refractivity contribution is 7.90. The monoisotopic (exact) mass is 303 g/mol. The smallest absolute Gasteiger partial charge is 0.191 e. The maximum atomic E-state index is 11.1. The van der Waals surface area contributed by atoms with Crippen molar-refractivity contribution in [3.8, 4) is 0 Å². The highest BCUT2D eigenvalue weighted by atomic mass is 32.2. The zero-order chi connectivity index (χ0) is 14.3. The fourth-order valence-corrected chi connectivity index (χ4v) is 2.71. The predicted octanol–water partition coefficient (Wildman–Crippen LogP) is 1.16. The Morgan fingerprint density at radius 2 is 2.11 bits per heavy atom. The van der Waals surface area contributed by atoms with Crippen LogP contribution in [-0.2, 0) is 16.4 Å². The first-order chi connectivity index (χ1) is 8.90. The first-order valence-corrected chi connectivity index (χ1v) is 9.03. The van der Waals surface area contributed by atoms with Gasteiger partial charge in [-0.2, -0.15) is 0 Å². The standard InChI is InChI=1S/C12H21N3O2S2/c1-4-13-12(14-7-8-19(3,16)17)15-9-11-6-5-10(2)18-11/h5-6H,4,7-9H2,1-3H3,(H2,13,14,15). The minimum absolute atomic E-state index is 0.107. The molecule has 0 spiro atoms. The van der Waals surface area contributed by atoms with E-state index in [1.807, 2.05) is 6.92 Å². The molecule has 0 radical (unpaired) electrons. The Morgan fingerprint density at radius 3 is 2.63 bits per heavy atom. The molecule has 0 aliphatic carbocycles. The zero-order valence-electron chi connectivity index (χ0n) is 11.6. The number of hydrogen-bond donors (Lipinski definition) is 2. The van der Waals surface area contributed by atoms with E-state index < -0.39 is 9.84 Å². The normalized spacial score (nSPS) is 12.5. The molecule has 1 aromatic heterocycles. The minimum Gasteiger partial charge on any atom is -0.357 e. The van der Waals surface area contributed by atoms with Crippen molar-refractivity contribution in [2.75, 3.05) is 25.1 Å². The summed E-state index contributed by atoms with van der Waals surface area (Å²) in [5.41, 5.74) is 0. The highest BCUT2D eigenvalue weighted by Crippen LogP contribution is 2.15. The molecule has 1 aromatic rings. The van der Waals surface area contributed by atoms with Gasteiger partial charge in [-0.25, -0.2) is 13.4 Å². The summed E-state index contributed by atoms with van der Waals surface area (Å²) in [6.07, 6.45) is 1.23. The van der Waals surface area contributed by atoms with Crippen molar-refractivity contribution in [1.29, 1.82) is 0 Å². The second kappa shape index (κ2) is 7.49. The van der Waals surface area contributed by atoms with Crippen LogP contribution >= 0.6 is 11.3 Å². The molecule has 0 saturated heterocycles. The van der Waals surface area contributed by atoms with Crippen molar-refractivity contribution in [3.05, 3.63) is 21.9 Å². The quantitative estimate of drug-likeness (QED) is 0.611. The summed E-state index contributed by atoms with van der Waals surface area (Å²) in [6.45, 7) is 5.76. The van der Waals surface area contributed by atoms with Gasteiger partial charge >= 0.3 is 0 Å². The van der Waals surface area contributed by atoms with Crippen molar-refractivity contribution in [3.63, 3.8) is 0 Å². The molecule has 0 amide bonds. The number of guanidine groups is 1. The van der Waals surface area contributed by atoms with Gasteiger partial charge in [0, 0.05) is 29.1 Å². The lowest BCUT2D eigenvalue weighted by atomic mass is 10.4. The van der Waals surface area contributed by atoms with E-state index in [1.165, 1.54) is 16.0 Å². The van der Waals surface area contributed by atoms with Gasteiger partial charge in [0.25, 0.3) is 0 Å². The van der Waals surface area contributed by atoms with E-state index in [4.69, 9.17) is 0 Å². The third-order valence-corrected chi connectivity index (χ3v) is 4.23. The van der Waals surface area contributed by atoms with Crippen molar-refractivity contribution in [2.45, 2.75) is 20.4 Å². The number of sulfone groups is 1. The molecular formula is C12H21N3O2S2. The van der Waals surface area contributed by atoms with Gasteiger partial charge in [-0.15, -0.1) is 11.3 Å². The molecule has 0 fully saturated rings. The Labute approximate surface area is 119 Å². The number of rotatable bonds is 6.